The van der Waals surface area contributed by atoms with E-state index in [1.54, 1.807) is 0 Å². The van der Waals surface area contributed by atoms with Gasteiger partial charge in [0.2, 0.25) is 5.12 Å². The molecule has 4 nitrogen and oxygen atoms in total. The third kappa shape index (κ3) is 1.14. The molecular weight excluding hydrogens is 216 g/mol. The van der Waals surface area contributed by atoms with Gasteiger partial charge >= 0.3 is 0 Å². The lowest BCUT2D eigenvalue weighted by molar-refractivity contribution is -0.131. The largest absolute Gasteiger partial charge is 0.766 e. The van der Waals surface area contributed by atoms with Gasteiger partial charge in [0.1, 0.15) is 0 Å². The summed E-state index contributed by atoms with van der Waals surface area (Å²) >= 11 is -2.73. The zero-order valence-electron chi connectivity index (χ0n) is 8.86. The molecule has 2 saturated carbocycles. The molecule has 0 aliphatic heterocycles. The molecule has 2 rings (SSSR count). The fourth-order valence-electron chi connectivity index (χ4n) is 3.58. The zero-order valence-corrected chi connectivity index (χ0v) is 9.67. The van der Waals surface area contributed by atoms with Crippen LogP contribution in [0.15, 0.2) is 0 Å². The van der Waals surface area contributed by atoms with Crippen LogP contribution in [0.1, 0.15) is 33.1 Å². The predicted octanol–water partition coefficient (Wildman–Crippen LogP) is 0.579. The van der Waals surface area contributed by atoms with Crippen molar-refractivity contribution in [1.29, 1.82) is 0 Å². The van der Waals surface area contributed by atoms with E-state index in [1.165, 1.54) is 0 Å². The minimum Gasteiger partial charge on any atom is -0.766 e. The number of aliphatic hydroxyl groups is 1. The van der Waals surface area contributed by atoms with E-state index in [0.29, 0.717) is 12.8 Å². The Morgan fingerprint density at radius 3 is 2.47 bits per heavy atom. The fourth-order valence-corrected chi connectivity index (χ4v) is 4.38. The molecule has 0 aromatic heterocycles. The van der Waals surface area contributed by atoms with Crippen molar-refractivity contribution < 1.29 is 18.7 Å². The van der Waals surface area contributed by atoms with Crippen LogP contribution in [0.2, 0.25) is 0 Å². The lowest BCUT2D eigenvalue weighted by Crippen LogP contribution is -2.47. The third-order valence-electron chi connectivity index (χ3n) is 4.65. The molecule has 2 aliphatic carbocycles. The highest BCUT2D eigenvalue weighted by atomic mass is 32.2. The summed E-state index contributed by atoms with van der Waals surface area (Å²) in [7, 11) is 0. The smallest absolute Gasteiger partial charge is 0.214 e. The van der Waals surface area contributed by atoms with E-state index < -0.39 is 33.1 Å². The van der Waals surface area contributed by atoms with Crippen molar-refractivity contribution in [2.75, 3.05) is 0 Å². The Hall–Kier alpha value is -0.260. The summed E-state index contributed by atoms with van der Waals surface area (Å²) in [6, 6.07) is 0. The number of carbonyl (C=O) groups is 1. The van der Waals surface area contributed by atoms with Crippen molar-refractivity contribution in [3.05, 3.63) is 0 Å². The van der Waals surface area contributed by atoms with Gasteiger partial charge in [0.15, 0.2) is 0 Å². The molecule has 2 fully saturated rings. The topological polar surface area (TPSA) is 77.4 Å². The molecule has 0 heterocycles. The van der Waals surface area contributed by atoms with Crippen molar-refractivity contribution in [2.45, 2.75) is 39.2 Å². The van der Waals surface area contributed by atoms with Crippen LogP contribution in [-0.4, -0.2) is 25.1 Å². The zero-order chi connectivity index (χ0) is 11.4. The second-order valence-electron chi connectivity index (χ2n) is 5.20. The quantitative estimate of drug-likeness (QED) is 0.670. The number of fused-ring (bicyclic) bond motifs is 2. The summed E-state index contributed by atoms with van der Waals surface area (Å²) in [6.45, 7) is 3.79. The second kappa shape index (κ2) is 3.12. The minimum absolute atomic E-state index is 0.264. The number of hydrogen-bond donors (Lipinski definition) is 1. The molecule has 0 spiro atoms. The van der Waals surface area contributed by atoms with E-state index in [0.717, 1.165) is 6.42 Å². The Morgan fingerprint density at radius 1 is 1.53 bits per heavy atom. The van der Waals surface area contributed by atoms with Crippen LogP contribution in [0, 0.1) is 16.7 Å². The Balaban J connectivity index is 2.48. The fraction of sp³-hybridized carbons (Fsp3) is 0.900. The molecule has 4 atom stereocenters. The summed E-state index contributed by atoms with van der Waals surface area (Å²) in [6.07, 6.45) is 1.10. The number of hydrogen-bond acceptors (Lipinski definition) is 4. The first kappa shape index (κ1) is 11.2. The monoisotopic (exact) mass is 231 g/mol. The van der Waals surface area contributed by atoms with E-state index in [2.05, 4.69) is 0 Å². The summed E-state index contributed by atoms with van der Waals surface area (Å²) in [5.41, 5.74) is -1.45. The van der Waals surface area contributed by atoms with Crippen LogP contribution in [0.25, 0.3) is 0 Å². The van der Waals surface area contributed by atoms with Crippen molar-refractivity contribution in [3.8, 4) is 0 Å². The first-order valence-corrected chi connectivity index (χ1v) is 6.23. The highest BCUT2D eigenvalue weighted by Gasteiger charge is 2.67. The molecule has 1 N–H and O–H groups in total. The van der Waals surface area contributed by atoms with Crippen LogP contribution in [0.4, 0.5) is 0 Å². The van der Waals surface area contributed by atoms with Gasteiger partial charge in [-0.15, -0.1) is 0 Å². The van der Waals surface area contributed by atoms with Gasteiger partial charge in [-0.3, -0.25) is 9.00 Å². The Morgan fingerprint density at radius 2 is 2.13 bits per heavy atom. The molecule has 2 aliphatic rings. The van der Waals surface area contributed by atoms with Crippen LogP contribution in [0.3, 0.4) is 0 Å². The molecule has 5 heteroatoms. The van der Waals surface area contributed by atoms with Gasteiger partial charge in [-0.05, 0) is 30.6 Å². The van der Waals surface area contributed by atoms with Crippen LogP contribution >= 0.6 is 0 Å². The molecule has 0 aromatic carbocycles. The number of carbonyl (C=O) groups excluding carboxylic acids is 1. The van der Waals surface area contributed by atoms with E-state index >= 15 is 0 Å². The van der Waals surface area contributed by atoms with Crippen LogP contribution in [0.5, 0.6) is 0 Å². The van der Waals surface area contributed by atoms with E-state index in [9.17, 15) is 18.7 Å². The molecule has 86 valence electrons. The maximum atomic E-state index is 11.8. The van der Waals surface area contributed by atoms with Crippen molar-refractivity contribution in [1.82, 2.24) is 0 Å². The van der Waals surface area contributed by atoms with Gasteiger partial charge in [0.05, 0.1) is 11.5 Å². The SMILES string of the molecule is CC1(C)C2CCC1(C(=O)S(=O)[O-])[C@H](O)C2. The molecule has 0 saturated heterocycles. The van der Waals surface area contributed by atoms with E-state index in [4.69, 9.17) is 0 Å². The average molecular weight is 231 g/mol. The van der Waals surface area contributed by atoms with Gasteiger partial charge in [0, 0.05) is 11.1 Å². The third-order valence-corrected chi connectivity index (χ3v) is 5.32. The van der Waals surface area contributed by atoms with Gasteiger partial charge in [-0.25, -0.2) is 0 Å². The maximum Gasteiger partial charge on any atom is 0.214 e. The highest BCUT2D eigenvalue weighted by Crippen LogP contribution is 2.66. The summed E-state index contributed by atoms with van der Waals surface area (Å²) < 4.78 is 21.7. The standard InChI is InChI=1S/C10H16O4S/c1-9(2)6-3-4-10(9,7(11)5-6)8(12)15(13)14/h6-7,11H,3-5H2,1-2H3,(H,13,14)/p-1/t6?,7-,10?/m1/s1. The summed E-state index contributed by atoms with van der Waals surface area (Å²) in [5.74, 6) is 0.264. The van der Waals surface area contributed by atoms with Gasteiger partial charge in [0.25, 0.3) is 0 Å². The lowest BCUT2D eigenvalue weighted by atomic mass is 9.69. The van der Waals surface area contributed by atoms with E-state index in [-0.39, 0.29) is 5.92 Å². The average Bonchev–Trinajstić information content (AvgIpc) is 2.49. The molecule has 2 bridgehead atoms. The lowest BCUT2D eigenvalue weighted by Gasteiger charge is -2.39. The summed E-state index contributed by atoms with van der Waals surface area (Å²) in [5, 5.41) is 9.13. The molecular formula is C10H15O4S-. The van der Waals surface area contributed by atoms with Gasteiger partial charge in [-0.1, -0.05) is 13.8 Å². The number of aliphatic hydroxyl groups excluding tert-OH is 1. The van der Waals surface area contributed by atoms with Gasteiger partial charge < -0.3 is 9.66 Å². The molecule has 0 radical (unpaired) electrons. The predicted molar refractivity (Wildman–Crippen MR) is 53.5 cm³/mol. The van der Waals surface area contributed by atoms with E-state index in [1.807, 2.05) is 13.8 Å². The van der Waals surface area contributed by atoms with Crippen molar-refractivity contribution >= 4 is 16.2 Å². The van der Waals surface area contributed by atoms with Crippen LogP contribution < -0.4 is 0 Å². The molecule has 3 unspecified atom stereocenters. The second-order valence-corrected chi connectivity index (χ2v) is 6.04. The highest BCUT2D eigenvalue weighted by molar-refractivity contribution is 7.95. The van der Waals surface area contributed by atoms with Crippen molar-refractivity contribution in [2.24, 2.45) is 16.7 Å². The molecule has 15 heavy (non-hydrogen) atoms. The minimum atomic E-state index is -2.73. The van der Waals surface area contributed by atoms with Crippen LogP contribution in [-0.2, 0) is 15.9 Å². The van der Waals surface area contributed by atoms with Gasteiger partial charge in [-0.2, -0.15) is 0 Å². The molecule has 0 amide bonds. The summed E-state index contributed by atoms with van der Waals surface area (Å²) in [4.78, 5) is 11.8. The molecule has 0 aromatic rings. The first-order valence-electron chi connectivity index (χ1n) is 5.16. The first-order chi connectivity index (χ1) is 6.84. The van der Waals surface area contributed by atoms with Crippen molar-refractivity contribution in [3.63, 3.8) is 0 Å². The Labute approximate surface area is 91.3 Å². The Bertz CT molecular complexity index is 338. The normalized spacial score (nSPS) is 44.3. The number of rotatable bonds is 1. The maximum absolute atomic E-state index is 11.8. The Kier molecular flexibility index (Phi) is 2.34.